The number of fused-ring (bicyclic) bond motifs is 1. The van der Waals surface area contributed by atoms with Gasteiger partial charge >= 0.3 is 17.8 Å². The maximum Gasteiger partial charge on any atom is 0.416 e. The lowest BCUT2D eigenvalue weighted by Crippen LogP contribution is -2.32. The zero-order chi connectivity index (χ0) is 26.0. The van der Waals surface area contributed by atoms with Gasteiger partial charge in [-0.15, -0.1) is 0 Å². The highest BCUT2D eigenvalue weighted by atomic mass is 19.4. The number of hydrogen-bond donors (Lipinski definition) is 3. The van der Waals surface area contributed by atoms with Gasteiger partial charge in [-0.3, -0.25) is 14.8 Å². The number of aliphatic imine (C=N–C) groups is 1. The van der Waals surface area contributed by atoms with Gasteiger partial charge in [0.1, 0.15) is 5.56 Å². The number of para-hydroxylation sites is 1. The summed E-state index contributed by atoms with van der Waals surface area (Å²) in [7, 11) is 1.16. The molecule has 0 amide bonds. The molecule has 0 bridgehead atoms. The van der Waals surface area contributed by atoms with Crippen molar-refractivity contribution in [2.45, 2.75) is 18.6 Å². The Morgan fingerprint density at radius 3 is 2.67 bits per heavy atom. The first-order valence-electron chi connectivity index (χ1n) is 10.5. The zero-order valence-corrected chi connectivity index (χ0v) is 18.7. The van der Waals surface area contributed by atoms with Crippen molar-refractivity contribution >= 4 is 23.1 Å². The average molecular weight is 500 g/mol. The lowest BCUT2D eigenvalue weighted by atomic mass is 10.1. The molecule has 4 aromatic rings. The predicted octanol–water partition coefficient (Wildman–Crippen LogP) is 2.93. The summed E-state index contributed by atoms with van der Waals surface area (Å²) in [5.41, 5.74) is -2.54. The van der Waals surface area contributed by atoms with E-state index in [4.69, 9.17) is 4.74 Å². The van der Waals surface area contributed by atoms with Crippen LogP contribution in [0.1, 0.15) is 16.7 Å². The number of nitrogens with zero attached hydrogens (tertiary/aromatic N) is 2. The molecule has 0 aliphatic rings. The van der Waals surface area contributed by atoms with E-state index in [1.54, 1.807) is 6.20 Å². The van der Waals surface area contributed by atoms with E-state index in [1.807, 2.05) is 29.2 Å². The molecule has 0 saturated heterocycles. The van der Waals surface area contributed by atoms with E-state index < -0.39 is 46.4 Å². The minimum atomic E-state index is -4.70. The molecule has 0 saturated carbocycles. The summed E-state index contributed by atoms with van der Waals surface area (Å²) in [4.78, 5) is 46.2. The number of alkyl halides is 3. The number of carbonyl (C=O) groups excluding carboxylic acids is 1. The molecule has 3 N–H and O–H groups in total. The van der Waals surface area contributed by atoms with Gasteiger partial charge in [0.25, 0.3) is 5.56 Å². The minimum Gasteiger partial charge on any atom is -0.493 e. The summed E-state index contributed by atoms with van der Waals surface area (Å²) >= 11 is 0. The first-order chi connectivity index (χ1) is 17.1. The number of hydrogen-bond acceptors (Lipinski definition) is 6. The second kappa shape index (κ2) is 9.56. The van der Waals surface area contributed by atoms with Crippen LogP contribution in [-0.2, 0) is 22.1 Å². The van der Waals surface area contributed by atoms with Gasteiger partial charge in [0.15, 0.2) is 6.04 Å². The molecule has 2 heterocycles. The first-order valence-corrected chi connectivity index (χ1v) is 10.5. The van der Waals surface area contributed by atoms with E-state index in [1.165, 1.54) is 0 Å². The molecule has 0 aliphatic heterocycles. The van der Waals surface area contributed by atoms with Crippen molar-refractivity contribution in [1.82, 2.24) is 14.5 Å². The first kappa shape index (κ1) is 24.5. The number of H-pyrrole nitrogens is 2. The molecule has 0 aliphatic carbocycles. The van der Waals surface area contributed by atoms with E-state index in [-0.39, 0.29) is 12.1 Å². The molecule has 0 unspecified atom stereocenters. The summed E-state index contributed by atoms with van der Waals surface area (Å²) in [5.74, 6) is -1.67. The van der Waals surface area contributed by atoms with Crippen molar-refractivity contribution in [3.8, 4) is 11.6 Å². The van der Waals surface area contributed by atoms with Crippen molar-refractivity contribution < 1.29 is 27.8 Å². The zero-order valence-electron chi connectivity index (χ0n) is 18.7. The van der Waals surface area contributed by atoms with Crippen LogP contribution >= 0.6 is 0 Å². The van der Waals surface area contributed by atoms with Crippen molar-refractivity contribution in [2.75, 3.05) is 7.11 Å². The van der Waals surface area contributed by atoms with Gasteiger partial charge in [-0.1, -0.05) is 24.3 Å². The van der Waals surface area contributed by atoms with E-state index in [0.29, 0.717) is 10.6 Å². The lowest BCUT2D eigenvalue weighted by Gasteiger charge is -2.13. The van der Waals surface area contributed by atoms with Gasteiger partial charge in [-0.2, -0.15) is 13.2 Å². The summed E-state index contributed by atoms with van der Waals surface area (Å²) in [6, 6.07) is 9.89. The van der Waals surface area contributed by atoms with Crippen LogP contribution in [0.3, 0.4) is 0 Å². The molecular formula is C24H19F3N4O5. The highest BCUT2D eigenvalue weighted by molar-refractivity contribution is 5.87. The maximum atomic E-state index is 13.1. The molecule has 1 atom stereocenters. The standard InChI is InChI=1S/C24H19F3N4O5/c1-36-22(34)19(9-13-11-28-18-8-3-2-7-16(13)18)29-12-17-20(32)30-23(35)31(21(17)33)15-6-4-5-14(10-15)24(25,26)27/h2-8,10-12,19,28,33H,9H2,1H3,(H,30,32,35)/t19-/m1/s1. The fourth-order valence-corrected chi connectivity index (χ4v) is 3.72. The van der Waals surface area contributed by atoms with Crippen molar-refractivity contribution in [2.24, 2.45) is 4.99 Å². The largest absolute Gasteiger partial charge is 0.493 e. The van der Waals surface area contributed by atoms with Crippen molar-refractivity contribution in [3.05, 3.63) is 92.3 Å². The number of rotatable bonds is 6. The van der Waals surface area contributed by atoms with E-state index >= 15 is 0 Å². The number of aromatic nitrogens is 3. The monoisotopic (exact) mass is 500 g/mol. The Bertz CT molecular complexity index is 1580. The number of halogens is 3. The number of esters is 1. The Labute approximate surface area is 200 Å². The molecule has 2 aromatic carbocycles. The number of carbonyl (C=O) groups is 1. The van der Waals surface area contributed by atoms with Crippen LogP contribution in [0.5, 0.6) is 5.88 Å². The van der Waals surface area contributed by atoms with E-state index in [2.05, 4.69) is 9.98 Å². The molecule has 9 nitrogen and oxygen atoms in total. The van der Waals surface area contributed by atoms with Gasteiger partial charge in [0.2, 0.25) is 5.88 Å². The van der Waals surface area contributed by atoms with E-state index in [9.17, 15) is 32.7 Å². The molecule has 12 heteroatoms. The maximum absolute atomic E-state index is 13.1. The highest BCUT2D eigenvalue weighted by Gasteiger charge is 2.31. The molecule has 186 valence electrons. The van der Waals surface area contributed by atoms with Crippen LogP contribution < -0.4 is 11.2 Å². The summed E-state index contributed by atoms with van der Waals surface area (Å²) < 4.78 is 44.7. The van der Waals surface area contributed by atoms with Crippen LogP contribution in [0.15, 0.2) is 69.3 Å². The Hall–Kier alpha value is -4.61. The summed E-state index contributed by atoms with van der Waals surface area (Å²) in [6.45, 7) is 0. The summed E-state index contributed by atoms with van der Waals surface area (Å²) in [6.07, 6.45) is -2.03. The Balaban J connectivity index is 1.74. The fraction of sp³-hybridized carbons (Fsp3) is 0.167. The van der Waals surface area contributed by atoms with Gasteiger partial charge in [-0.25, -0.2) is 14.2 Å². The predicted molar refractivity (Wildman–Crippen MR) is 125 cm³/mol. The fourth-order valence-electron chi connectivity index (χ4n) is 3.72. The lowest BCUT2D eigenvalue weighted by molar-refractivity contribution is -0.142. The normalized spacial score (nSPS) is 12.8. The molecule has 36 heavy (non-hydrogen) atoms. The number of ether oxygens (including phenoxy) is 1. The second-order valence-electron chi connectivity index (χ2n) is 7.76. The Morgan fingerprint density at radius 1 is 1.19 bits per heavy atom. The number of aromatic amines is 2. The van der Waals surface area contributed by atoms with Gasteiger partial charge < -0.3 is 14.8 Å². The van der Waals surface area contributed by atoms with Gasteiger partial charge in [-0.05, 0) is 29.8 Å². The smallest absolute Gasteiger partial charge is 0.416 e. The average Bonchev–Trinajstić information content (AvgIpc) is 3.25. The Morgan fingerprint density at radius 2 is 1.94 bits per heavy atom. The Kier molecular flexibility index (Phi) is 6.51. The second-order valence-corrected chi connectivity index (χ2v) is 7.76. The van der Waals surface area contributed by atoms with Crippen molar-refractivity contribution in [3.63, 3.8) is 0 Å². The van der Waals surface area contributed by atoms with Crippen LogP contribution in [0.4, 0.5) is 13.2 Å². The third-order valence-corrected chi connectivity index (χ3v) is 5.50. The van der Waals surface area contributed by atoms with Gasteiger partial charge in [0.05, 0.1) is 18.4 Å². The molecule has 0 spiro atoms. The molecule has 0 fully saturated rings. The minimum absolute atomic E-state index is 0.0825. The van der Waals surface area contributed by atoms with Crippen LogP contribution in [0.25, 0.3) is 16.6 Å². The highest BCUT2D eigenvalue weighted by Crippen LogP contribution is 2.30. The number of nitrogens with one attached hydrogen (secondary N) is 2. The third kappa shape index (κ3) is 4.78. The van der Waals surface area contributed by atoms with Crippen LogP contribution in [0, 0.1) is 0 Å². The topological polar surface area (TPSA) is 130 Å². The quantitative estimate of drug-likeness (QED) is 0.277. The molecule has 4 rings (SSSR count). The number of benzene rings is 2. The number of aromatic hydroxyl groups is 1. The third-order valence-electron chi connectivity index (χ3n) is 5.50. The van der Waals surface area contributed by atoms with E-state index in [0.717, 1.165) is 48.0 Å². The van der Waals surface area contributed by atoms with Crippen LogP contribution in [0.2, 0.25) is 0 Å². The number of methoxy groups -OCH3 is 1. The molecule has 2 aromatic heterocycles. The van der Waals surface area contributed by atoms with Crippen LogP contribution in [-0.4, -0.2) is 45.0 Å². The van der Waals surface area contributed by atoms with Crippen molar-refractivity contribution in [1.29, 1.82) is 0 Å². The molecule has 0 radical (unpaired) electrons. The SMILES string of the molecule is COC(=O)[C@@H](Cc1c[nH]c2ccccc12)N=Cc1c(O)n(-c2cccc(C(F)(F)F)c2)c(=O)[nH]c1=O. The molecular weight excluding hydrogens is 481 g/mol. The van der Waals surface area contributed by atoms with Gasteiger partial charge in [0, 0.05) is 29.7 Å². The summed E-state index contributed by atoms with van der Waals surface area (Å²) in [5, 5.41) is 11.5.